The van der Waals surface area contributed by atoms with Crippen LogP contribution in [-0.4, -0.2) is 38.4 Å². The summed E-state index contributed by atoms with van der Waals surface area (Å²) in [7, 11) is 3.21. The summed E-state index contributed by atoms with van der Waals surface area (Å²) in [5.41, 5.74) is 0.362. The van der Waals surface area contributed by atoms with Crippen molar-refractivity contribution in [3.8, 4) is 11.5 Å². The summed E-state index contributed by atoms with van der Waals surface area (Å²) in [6, 6.07) is 5.78. The van der Waals surface area contributed by atoms with E-state index in [1.165, 1.54) is 0 Å². The van der Waals surface area contributed by atoms with E-state index in [1.807, 2.05) is 18.2 Å². The molecule has 5 nitrogen and oxygen atoms in total. The zero-order valence-corrected chi connectivity index (χ0v) is 12.5. The van der Waals surface area contributed by atoms with Crippen molar-refractivity contribution in [1.29, 1.82) is 0 Å². The minimum absolute atomic E-state index is 0.440. The third-order valence-electron chi connectivity index (χ3n) is 3.18. The summed E-state index contributed by atoms with van der Waals surface area (Å²) in [6.07, 6.45) is 0.802. The van der Waals surface area contributed by atoms with Gasteiger partial charge in [0.05, 0.1) is 19.6 Å². The van der Waals surface area contributed by atoms with E-state index in [9.17, 15) is 4.79 Å². The van der Waals surface area contributed by atoms with Crippen molar-refractivity contribution in [2.75, 3.05) is 27.3 Å². The molecule has 0 unspecified atom stereocenters. The number of carboxylic acids is 1. The summed E-state index contributed by atoms with van der Waals surface area (Å²) in [4.78, 5) is 11.0. The topological polar surface area (TPSA) is 67.8 Å². The Kier molecular flexibility index (Phi) is 5.82. The summed E-state index contributed by atoms with van der Waals surface area (Å²) in [5, 5.41) is 12.2. The fraction of sp³-hybridized carbons (Fsp3) is 0.533. The van der Waals surface area contributed by atoms with Crippen LogP contribution in [0.3, 0.4) is 0 Å². The Balaban J connectivity index is 2.49. The lowest BCUT2D eigenvalue weighted by Gasteiger charge is -2.19. The van der Waals surface area contributed by atoms with E-state index in [2.05, 4.69) is 5.32 Å². The molecule has 0 radical (unpaired) electrons. The molecule has 0 atom stereocenters. The zero-order valence-electron chi connectivity index (χ0n) is 12.5. The minimum atomic E-state index is -0.795. The molecule has 0 heterocycles. The van der Waals surface area contributed by atoms with Crippen LogP contribution < -0.4 is 14.8 Å². The maximum absolute atomic E-state index is 11.0. The van der Waals surface area contributed by atoms with Gasteiger partial charge in [0.25, 0.3) is 0 Å². The first-order valence-corrected chi connectivity index (χ1v) is 6.55. The van der Waals surface area contributed by atoms with E-state index in [0.717, 1.165) is 12.0 Å². The first kappa shape index (κ1) is 16.3. The Morgan fingerprint density at radius 2 is 1.90 bits per heavy atom. The molecule has 1 aromatic rings. The molecule has 0 aliphatic carbocycles. The van der Waals surface area contributed by atoms with Crippen LogP contribution in [0.15, 0.2) is 18.2 Å². The summed E-state index contributed by atoms with van der Waals surface area (Å²) in [5.74, 6) is 0.614. The SMILES string of the molecule is COc1ccc(CCNCC(C)(C)C(=O)O)cc1OC. The van der Waals surface area contributed by atoms with Gasteiger partial charge in [-0.15, -0.1) is 0 Å². The first-order valence-electron chi connectivity index (χ1n) is 6.55. The van der Waals surface area contributed by atoms with Crippen molar-refractivity contribution in [2.45, 2.75) is 20.3 Å². The van der Waals surface area contributed by atoms with Gasteiger partial charge in [0, 0.05) is 6.54 Å². The van der Waals surface area contributed by atoms with Gasteiger partial charge in [-0.25, -0.2) is 0 Å². The lowest BCUT2D eigenvalue weighted by Crippen LogP contribution is -2.36. The molecule has 0 spiro atoms. The van der Waals surface area contributed by atoms with Crippen LogP contribution in [0, 0.1) is 5.41 Å². The monoisotopic (exact) mass is 281 g/mol. The molecule has 0 aromatic heterocycles. The highest BCUT2D eigenvalue weighted by molar-refractivity contribution is 5.73. The zero-order chi connectivity index (χ0) is 15.2. The van der Waals surface area contributed by atoms with Crippen LogP contribution in [0.5, 0.6) is 11.5 Å². The Hall–Kier alpha value is -1.75. The summed E-state index contributed by atoms with van der Waals surface area (Å²) >= 11 is 0. The lowest BCUT2D eigenvalue weighted by molar-refractivity contribution is -0.146. The number of carbonyl (C=O) groups is 1. The van der Waals surface area contributed by atoms with Crippen molar-refractivity contribution < 1.29 is 19.4 Å². The number of rotatable bonds is 8. The molecule has 0 aliphatic rings. The van der Waals surface area contributed by atoms with Crippen LogP contribution in [0.4, 0.5) is 0 Å². The maximum atomic E-state index is 11.0. The molecular formula is C15H23NO4. The highest BCUT2D eigenvalue weighted by Gasteiger charge is 2.26. The molecule has 1 rings (SSSR count). The Labute approximate surface area is 119 Å². The van der Waals surface area contributed by atoms with Gasteiger partial charge in [0.15, 0.2) is 11.5 Å². The van der Waals surface area contributed by atoms with E-state index >= 15 is 0 Å². The van der Waals surface area contributed by atoms with Crippen molar-refractivity contribution in [3.63, 3.8) is 0 Å². The van der Waals surface area contributed by atoms with Crippen molar-refractivity contribution in [1.82, 2.24) is 5.32 Å². The minimum Gasteiger partial charge on any atom is -0.493 e. The number of methoxy groups -OCH3 is 2. The van der Waals surface area contributed by atoms with Gasteiger partial charge >= 0.3 is 5.97 Å². The molecule has 1 aromatic carbocycles. The summed E-state index contributed by atoms with van der Waals surface area (Å²) in [6.45, 7) is 4.57. The molecule has 112 valence electrons. The van der Waals surface area contributed by atoms with Gasteiger partial charge in [0.1, 0.15) is 0 Å². The van der Waals surface area contributed by atoms with E-state index in [-0.39, 0.29) is 0 Å². The Morgan fingerprint density at radius 1 is 1.25 bits per heavy atom. The highest BCUT2D eigenvalue weighted by Crippen LogP contribution is 2.27. The number of nitrogens with one attached hydrogen (secondary N) is 1. The van der Waals surface area contributed by atoms with Crippen LogP contribution in [0.2, 0.25) is 0 Å². The number of carboxylic acid groups (broad SMARTS) is 1. The molecule has 2 N–H and O–H groups in total. The average Bonchev–Trinajstić information content (AvgIpc) is 2.43. The number of benzene rings is 1. The van der Waals surface area contributed by atoms with Gasteiger partial charge in [0.2, 0.25) is 0 Å². The van der Waals surface area contributed by atoms with Crippen LogP contribution in [0.25, 0.3) is 0 Å². The second-order valence-corrected chi connectivity index (χ2v) is 5.31. The van der Waals surface area contributed by atoms with Crippen LogP contribution in [-0.2, 0) is 11.2 Å². The first-order chi connectivity index (χ1) is 9.40. The van der Waals surface area contributed by atoms with Crippen molar-refractivity contribution in [2.24, 2.45) is 5.41 Å². The van der Waals surface area contributed by atoms with Crippen LogP contribution in [0.1, 0.15) is 19.4 Å². The number of hydrogen-bond donors (Lipinski definition) is 2. The van der Waals surface area contributed by atoms with Gasteiger partial charge in [-0.05, 0) is 44.5 Å². The number of hydrogen-bond acceptors (Lipinski definition) is 4. The average molecular weight is 281 g/mol. The maximum Gasteiger partial charge on any atom is 0.310 e. The quantitative estimate of drug-likeness (QED) is 0.713. The Morgan fingerprint density at radius 3 is 2.45 bits per heavy atom. The van der Waals surface area contributed by atoms with Gasteiger partial charge in [-0.1, -0.05) is 6.07 Å². The van der Waals surface area contributed by atoms with Gasteiger partial charge in [-0.2, -0.15) is 0 Å². The van der Waals surface area contributed by atoms with Crippen molar-refractivity contribution in [3.05, 3.63) is 23.8 Å². The second kappa shape index (κ2) is 7.14. The lowest BCUT2D eigenvalue weighted by atomic mass is 9.94. The predicted octanol–water partition coefficient (Wildman–Crippen LogP) is 1.95. The van der Waals surface area contributed by atoms with Crippen molar-refractivity contribution >= 4 is 5.97 Å². The van der Waals surface area contributed by atoms with Gasteiger partial charge < -0.3 is 19.9 Å². The third kappa shape index (κ3) is 4.42. The molecule has 0 fully saturated rings. The molecule has 20 heavy (non-hydrogen) atoms. The molecular weight excluding hydrogens is 258 g/mol. The van der Waals surface area contributed by atoms with E-state index in [4.69, 9.17) is 14.6 Å². The molecule has 0 saturated heterocycles. The number of aliphatic carboxylic acids is 1. The van der Waals surface area contributed by atoms with Gasteiger partial charge in [-0.3, -0.25) is 4.79 Å². The normalized spacial score (nSPS) is 11.2. The molecule has 0 bridgehead atoms. The molecule has 0 amide bonds. The number of ether oxygens (including phenoxy) is 2. The fourth-order valence-corrected chi connectivity index (χ4v) is 1.75. The largest absolute Gasteiger partial charge is 0.493 e. The molecule has 0 aliphatic heterocycles. The van der Waals surface area contributed by atoms with E-state index in [1.54, 1.807) is 28.1 Å². The summed E-state index contributed by atoms with van der Waals surface area (Å²) < 4.78 is 10.4. The standard InChI is InChI=1S/C15H23NO4/c1-15(2,14(17)18)10-16-8-7-11-5-6-12(19-3)13(9-11)20-4/h5-6,9,16H,7-8,10H2,1-4H3,(H,17,18). The predicted molar refractivity (Wildman–Crippen MR) is 77.5 cm³/mol. The highest BCUT2D eigenvalue weighted by atomic mass is 16.5. The third-order valence-corrected chi connectivity index (χ3v) is 3.18. The Bertz CT molecular complexity index is 457. The second-order valence-electron chi connectivity index (χ2n) is 5.31. The van der Waals surface area contributed by atoms with Crippen LogP contribution >= 0.6 is 0 Å². The molecule has 0 saturated carbocycles. The van der Waals surface area contributed by atoms with E-state index < -0.39 is 11.4 Å². The smallest absolute Gasteiger partial charge is 0.310 e. The molecule has 5 heteroatoms. The fourth-order valence-electron chi connectivity index (χ4n) is 1.75. The van der Waals surface area contributed by atoms with E-state index in [0.29, 0.717) is 24.6 Å².